The van der Waals surface area contributed by atoms with Crippen LogP contribution in [0.1, 0.15) is 28.6 Å². The van der Waals surface area contributed by atoms with Crippen molar-refractivity contribution < 1.29 is 23.7 Å². The molecule has 0 unspecified atom stereocenters. The van der Waals surface area contributed by atoms with Crippen molar-refractivity contribution in [3.63, 3.8) is 0 Å². The van der Waals surface area contributed by atoms with Gasteiger partial charge in [0.15, 0.2) is 5.78 Å². The highest BCUT2D eigenvalue weighted by Crippen LogP contribution is 2.34. The number of hydrogen-bond acceptors (Lipinski definition) is 7. The van der Waals surface area contributed by atoms with Crippen LogP contribution in [0, 0.1) is 10.1 Å². The van der Waals surface area contributed by atoms with E-state index in [0.717, 1.165) is 22.2 Å². The number of nitro benzene ring substituents is 1. The summed E-state index contributed by atoms with van der Waals surface area (Å²) < 4.78 is 5.78. The zero-order valence-corrected chi connectivity index (χ0v) is 17.6. The maximum absolute atomic E-state index is 12.7. The molecule has 0 spiro atoms. The molecule has 1 aliphatic rings. The van der Waals surface area contributed by atoms with E-state index in [9.17, 15) is 24.5 Å². The van der Waals surface area contributed by atoms with Gasteiger partial charge in [-0.25, -0.2) is 0 Å². The van der Waals surface area contributed by atoms with Gasteiger partial charge < -0.3 is 4.42 Å². The minimum absolute atomic E-state index is 0.0197. The summed E-state index contributed by atoms with van der Waals surface area (Å²) in [5.74, 6) is 0.496. The molecule has 1 fully saturated rings. The van der Waals surface area contributed by atoms with Crippen molar-refractivity contribution in [3.8, 4) is 11.3 Å². The van der Waals surface area contributed by atoms with E-state index in [-0.39, 0.29) is 22.9 Å². The number of carbonyl (C=O) groups is 3. The van der Waals surface area contributed by atoms with E-state index in [1.54, 1.807) is 36.4 Å². The first-order valence-electron chi connectivity index (χ1n) is 9.52. The van der Waals surface area contributed by atoms with Gasteiger partial charge in [-0.15, -0.1) is 0 Å². The van der Waals surface area contributed by atoms with Crippen LogP contribution in [0.25, 0.3) is 17.4 Å². The first kappa shape index (κ1) is 21.3. The highest BCUT2D eigenvalue weighted by Gasteiger charge is 2.35. The molecule has 2 amide bonds. The molecule has 1 aliphatic heterocycles. The topological polar surface area (TPSA) is 111 Å². The minimum Gasteiger partial charge on any atom is -0.457 e. The van der Waals surface area contributed by atoms with Crippen molar-refractivity contribution in [2.24, 2.45) is 0 Å². The zero-order valence-electron chi connectivity index (χ0n) is 16.8. The Balaban J connectivity index is 1.49. The summed E-state index contributed by atoms with van der Waals surface area (Å²) in [6.07, 6.45) is 1.51. The minimum atomic E-state index is -0.512. The zero-order chi connectivity index (χ0) is 22.8. The lowest BCUT2D eigenvalue weighted by Crippen LogP contribution is -2.27. The summed E-state index contributed by atoms with van der Waals surface area (Å²) in [5, 5.41) is 10.3. The number of rotatable bonds is 6. The number of carbonyl (C=O) groups excluding carboxylic acids is 3. The Kier molecular flexibility index (Phi) is 5.74. The average Bonchev–Trinajstić information content (AvgIpc) is 3.34. The number of amides is 2. The second kappa shape index (κ2) is 8.64. The Morgan fingerprint density at radius 1 is 1.06 bits per heavy atom. The van der Waals surface area contributed by atoms with Gasteiger partial charge in [-0.3, -0.25) is 29.4 Å². The molecular formula is C23H16N2O6S. The molecule has 0 radical (unpaired) electrons. The van der Waals surface area contributed by atoms with Crippen LogP contribution in [-0.4, -0.2) is 26.8 Å². The standard InChI is InChI=1S/C23H16N2O6S/c1-14(26)16-4-6-17(7-5-16)20-11-10-19(31-20)12-21-22(27)24(23(28)32-21)13-15-2-8-18(9-3-15)25(29)30/h2-12H,13H2,1H3/b21-12+. The molecule has 4 rings (SSSR count). The van der Waals surface area contributed by atoms with Gasteiger partial charge in [0.25, 0.3) is 16.8 Å². The monoisotopic (exact) mass is 448 g/mol. The number of thioether (sulfide) groups is 1. The average molecular weight is 448 g/mol. The summed E-state index contributed by atoms with van der Waals surface area (Å²) in [6.45, 7) is 1.51. The van der Waals surface area contributed by atoms with Gasteiger partial charge in [-0.2, -0.15) is 0 Å². The van der Waals surface area contributed by atoms with E-state index in [4.69, 9.17) is 4.42 Å². The number of non-ortho nitro benzene ring substituents is 1. The van der Waals surface area contributed by atoms with E-state index >= 15 is 0 Å². The van der Waals surface area contributed by atoms with Crippen LogP contribution in [0.15, 0.2) is 70.0 Å². The fraction of sp³-hybridized carbons (Fsp3) is 0.0870. The molecule has 0 atom stereocenters. The van der Waals surface area contributed by atoms with Crippen molar-refractivity contribution in [1.29, 1.82) is 0 Å². The summed E-state index contributed by atoms with van der Waals surface area (Å²) in [6, 6.07) is 16.1. The predicted octanol–water partition coefficient (Wildman–Crippen LogP) is 5.29. The molecule has 0 bridgehead atoms. The largest absolute Gasteiger partial charge is 0.457 e. The molecule has 9 heteroatoms. The van der Waals surface area contributed by atoms with Gasteiger partial charge in [0.05, 0.1) is 16.4 Å². The Labute approximate surface area is 186 Å². The Morgan fingerprint density at radius 3 is 2.38 bits per heavy atom. The van der Waals surface area contributed by atoms with Gasteiger partial charge in [-0.1, -0.05) is 36.4 Å². The summed E-state index contributed by atoms with van der Waals surface area (Å²) in [4.78, 5) is 48.0. The third-order valence-electron chi connectivity index (χ3n) is 4.84. The third-order valence-corrected chi connectivity index (χ3v) is 5.74. The number of ketones is 1. The molecule has 2 aromatic carbocycles. The van der Waals surface area contributed by atoms with E-state index in [2.05, 4.69) is 0 Å². The van der Waals surface area contributed by atoms with Crippen molar-refractivity contribution in [2.75, 3.05) is 0 Å². The highest BCUT2D eigenvalue weighted by atomic mass is 32.2. The second-order valence-electron chi connectivity index (χ2n) is 7.03. The predicted molar refractivity (Wildman–Crippen MR) is 119 cm³/mol. The van der Waals surface area contributed by atoms with Crippen LogP contribution in [0.3, 0.4) is 0 Å². The molecule has 32 heavy (non-hydrogen) atoms. The van der Waals surface area contributed by atoms with Crippen LogP contribution in [0.4, 0.5) is 10.5 Å². The Bertz CT molecular complexity index is 1260. The van der Waals surface area contributed by atoms with Gasteiger partial charge in [-0.05, 0) is 36.4 Å². The number of benzene rings is 2. The van der Waals surface area contributed by atoms with Gasteiger partial charge >= 0.3 is 0 Å². The molecule has 8 nitrogen and oxygen atoms in total. The number of Topliss-reactive ketones (excluding diaryl/α,β-unsaturated/α-hetero) is 1. The lowest BCUT2D eigenvalue weighted by atomic mass is 10.1. The maximum atomic E-state index is 12.7. The van der Waals surface area contributed by atoms with Crippen molar-refractivity contribution in [1.82, 2.24) is 4.90 Å². The molecule has 1 aromatic heterocycles. The summed E-state index contributed by atoms with van der Waals surface area (Å²) in [7, 11) is 0. The molecule has 1 saturated heterocycles. The van der Waals surface area contributed by atoms with Gasteiger partial charge in [0, 0.05) is 29.3 Å². The van der Waals surface area contributed by atoms with E-state index in [1.165, 1.54) is 37.3 Å². The van der Waals surface area contributed by atoms with Gasteiger partial charge in [0.2, 0.25) is 0 Å². The normalized spacial score (nSPS) is 14.9. The number of hydrogen-bond donors (Lipinski definition) is 0. The number of furan rings is 1. The first-order chi connectivity index (χ1) is 15.3. The maximum Gasteiger partial charge on any atom is 0.293 e. The second-order valence-corrected chi connectivity index (χ2v) is 8.02. The fourth-order valence-electron chi connectivity index (χ4n) is 3.13. The lowest BCUT2D eigenvalue weighted by Gasteiger charge is -2.12. The van der Waals surface area contributed by atoms with E-state index in [1.807, 2.05) is 0 Å². The van der Waals surface area contributed by atoms with Crippen LogP contribution in [-0.2, 0) is 11.3 Å². The highest BCUT2D eigenvalue weighted by molar-refractivity contribution is 8.18. The van der Waals surface area contributed by atoms with E-state index < -0.39 is 16.1 Å². The summed E-state index contributed by atoms with van der Waals surface area (Å²) >= 11 is 0.807. The molecular weight excluding hydrogens is 432 g/mol. The molecule has 0 aliphatic carbocycles. The smallest absolute Gasteiger partial charge is 0.293 e. The molecule has 0 saturated carbocycles. The van der Waals surface area contributed by atoms with Crippen molar-refractivity contribution in [3.05, 3.63) is 92.6 Å². The first-order valence-corrected chi connectivity index (χ1v) is 10.3. The molecule has 0 N–H and O–H groups in total. The van der Waals surface area contributed by atoms with Crippen LogP contribution >= 0.6 is 11.8 Å². The quantitative estimate of drug-likeness (QED) is 0.218. The number of nitro groups is 1. The van der Waals surface area contributed by atoms with Crippen LogP contribution < -0.4 is 0 Å². The Morgan fingerprint density at radius 2 is 1.75 bits per heavy atom. The fourth-order valence-corrected chi connectivity index (χ4v) is 3.94. The number of nitrogens with zero attached hydrogens (tertiary/aromatic N) is 2. The molecule has 2 heterocycles. The SMILES string of the molecule is CC(=O)c1ccc(-c2ccc(/C=C3/SC(=O)N(Cc4ccc([N+](=O)[O-])cc4)C3=O)o2)cc1. The third kappa shape index (κ3) is 4.37. The van der Waals surface area contributed by atoms with Crippen LogP contribution in [0.5, 0.6) is 0 Å². The molecule has 160 valence electrons. The van der Waals surface area contributed by atoms with E-state index in [0.29, 0.717) is 22.6 Å². The van der Waals surface area contributed by atoms with Gasteiger partial charge in [0.1, 0.15) is 11.5 Å². The van der Waals surface area contributed by atoms with Crippen molar-refractivity contribution >= 4 is 40.5 Å². The van der Waals surface area contributed by atoms with Crippen LogP contribution in [0.2, 0.25) is 0 Å². The molecule has 3 aromatic rings. The Hall–Kier alpha value is -3.98. The summed E-state index contributed by atoms with van der Waals surface area (Å²) in [5.41, 5.74) is 1.92. The van der Waals surface area contributed by atoms with Crippen molar-refractivity contribution in [2.45, 2.75) is 13.5 Å². The number of imide groups is 1. The lowest BCUT2D eigenvalue weighted by molar-refractivity contribution is -0.384.